The van der Waals surface area contributed by atoms with Crippen LogP contribution in [0.1, 0.15) is 22.1 Å². The van der Waals surface area contributed by atoms with Crippen molar-refractivity contribution < 1.29 is 18.7 Å². The molecule has 1 aliphatic heterocycles. The molecule has 2 aromatic carbocycles. The van der Waals surface area contributed by atoms with Crippen molar-refractivity contribution in [3.05, 3.63) is 75.1 Å². The van der Waals surface area contributed by atoms with E-state index in [9.17, 15) is 9.59 Å². The number of nitrogens with zero attached hydrogens (tertiary/aromatic N) is 2. The third kappa shape index (κ3) is 3.67. The Morgan fingerprint density at radius 2 is 1.88 bits per heavy atom. The van der Waals surface area contributed by atoms with Gasteiger partial charge in [0.2, 0.25) is 0 Å². The van der Waals surface area contributed by atoms with E-state index in [2.05, 4.69) is 10.3 Å². The predicted molar refractivity (Wildman–Crippen MR) is 132 cm³/mol. The van der Waals surface area contributed by atoms with Gasteiger partial charge in [-0.25, -0.2) is 9.78 Å². The lowest BCUT2D eigenvalue weighted by Crippen LogP contribution is -2.35. The minimum atomic E-state index is -0.972. The standard InChI is InChI=1S/C25H23N3O5S/c1-13-22(34-25(26-13)28(2)3)18-19-20(16-7-5-6-8-17(16)32-24(19)30)33-21(18)23(29)27-14-9-11-15(31-4)12-10-14/h5-12,18,21H,1-4H3,(H,27,29)/t18-,21+/m1/s1. The summed E-state index contributed by atoms with van der Waals surface area (Å²) in [5.74, 6) is 0.0428. The van der Waals surface area contributed by atoms with E-state index in [1.54, 1.807) is 43.5 Å². The van der Waals surface area contributed by atoms with Crippen molar-refractivity contribution in [2.45, 2.75) is 18.9 Å². The number of anilines is 2. The van der Waals surface area contributed by atoms with Gasteiger partial charge in [-0.2, -0.15) is 0 Å². The van der Waals surface area contributed by atoms with Gasteiger partial charge >= 0.3 is 5.63 Å². The third-order valence-electron chi connectivity index (χ3n) is 5.76. The van der Waals surface area contributed by atoms with Crippen molar-refractivity contribution in [2.75, 3.05) is 31.4 Å². The van der Waals surface area contributed by atoms with E-state index in [0.29, 0.717) is 33.7 Å². The number of para-hydroxylation sites is 1. The number of carbonyl (C=O) groups is 1. The number of thiazole rings is 1. The van der Waals surface area contributed by atoms with Gasteiger partial charge in [-0.15, -0.1) is 11.3 Å². The fourth-order valence-corrected chi connectivity index (χ4v) is 5.24. The number of amides is 1. The van der Waals surface area contributed by atoms with Gasteiger partial charge in [-0.1, -0.05) is 12.1 Å². The highest BCUT2D eigenvalue weighted by Gasteiger charge is 2.46. The SMILES string of the molecule is COc1ccc(NC(=O)[C@H]2Oc3c(c(=O)oc4ccccc34)[C@H]2c2sc(N(C)C)nc2C)cc1. The highest BCUT2D eigenvalue weighted by atomic mass is 32.1. The Morgan fingerprint density at radius 3 is 2.56 bits per heavy atom. The monoisotopic (exact) mass is 477 g/mol. The number of ether oxygens (including phenoxy) is 2. The van der Waals surface area contributed by atoms with Crippen LogP contribution in [0.3, 0.4) is 0 Å². The van der Waals surface area contributed by atoms with Crippen LogP contribution in [-0.4, -0.2) is 38.2 Å². The number of aromatic nitrogens is 1. The Labute approximate surface area is 199 Å². The van der Waals surface area contributed by atoms with E-state index in [0.717, 1.165) is 15.7 Å². The minimum absolute atomic E-state index is 0.339. The molecular weight excluding hydrogens is 454 g/mol. The maximum atomic E-state index is 13.5. The maximum Gasteiger partial charge on any atom is 0.344 e. The van der Waals surface area contributed by atoms with Crippen molar-refractivity contribution in [1.82, 2.24) is 4.98 Å². The molecule has 0 radical (unpaired) electrons. The number of aryl methyl sites for hydroxylation is 1. The van der Waals surface area contributed by atoms with Gasteiger partial charge in [-0.3, -0.25) is 4.79 Å². The van der Waals surface area contributed by atoms with E-state index >= 15 is 0 Å². The molecule has 3 heterocycles. The molecule has 4 aromatic rings. The van der Waals surface area contributed by atoms with Gasteiger partial charge in [0.25, 0.3) is 5.91 Å². The second-order valence-corrected chi connectivity index (χ2v) is 9.21. The zero-order valence-electron chi connectivity index (χ0n) is 19.1. The molecular formula is C25H23N3O5S. The Kier molecular flexibility index (Phi) is 5.49. The van der Waals surface area contributed by atoms with Crippen LogP contribution in [0.15, 0.2) is 57.7 Å². The van der Waals surface area contributed by atoms with Gasteiger partial charge in [0, 0.05) is 24.7 Å². The molecule has 2 aromatic heterocycles. The van der Waals surface area contributed by atoms with Crippen LogP contribution in [0.4, 0.5) is 10.8 Å². The Bertz CT molecular complexity index is 1440. The number of hydrogen-bond donors (Lipinski definition) is 1. The molecule has 0 saturated carbocycles. The Balaban J connectivity index is 1.62. The summed E-state index contributed by atoms with van der Waals surface area (Å²) in [5, 5.41) is 4.34. The Hall–Kier alpha value is -3.85. The highest BCUT2D eigenvalue weighted by molar-refractivity contribution is 7.15. The van der Waals surface area contributed by atoms with E-state index in [4.69, 9.17) is 13.9 Å². The average Bonchev–Trinajstić information content (AvgIpc) is 3.41. The van der Waals surface area contributed by atoms with Crippen LogP contribution in [0.25, 0.3) is 11.0 Å². The average molecular weight is 478 g/mol. The zero-order chi connectivity index (χ0) is 24.0. The van der Waals surface area contributed by atoms with Crippen molar-refractivity contribution in [3.8, 4) is 11.5 Å². The fourth-order valence-electron chi connectivity index (χ4n) is 4.11. The molecule has 9 heteroatoms. The van der Waals surface area contributed by atoms with Crippen molar-refractivity contribution in [3.63, 3.8) is 0 Å². The quantitative estimate of drug-likeness (QED) is 0.431. The number of benzene rings is 2. The molecule has 0 bridgehead atoms. The molecule has 8 nitrogen and oxygen atoms in total. The molecule has 1 N–H and O–H groups in total. The normalized spacial score (nSPS) is 16.7. The van der Waals surface area contributed by atoms with E-state index in [-0.39, 0.29) is 5.91 Å². The van der Waals surface area contributed by atoms with Gasteiger partial charge in [-0.05, 0) is 43.3 Å². The molecule has 0 unspecified atom stereocenters. The van der Waals surface area contributed by atoms with Crippen LogP contribution >= 0.6 is 11.3 Å². The molecule has 0 spiro atoms. The number of rotatable bonds is 5. The molecule has 0 fully saturated rings. The zero-order valence-corrected chi connectivity index (χ0v) is 19.9. The number of carbonyl (C=O) groups excluding carboxylic acids is 1. The van der Waals surface area contributed by atoms with Gasteiger partial charge in [0.1, 0.15) is 17.1 Å². The lowest BCUT2D eigenvalue weighted by Gasteiger charge is -2.18. The first-order valence-corrected chi connectivity index (χ1v) is 11.5. The first-order chi connectivity index (χ1) is 16.4. The van der Waals surface area contributed by atoms with Crippen LogP contribution in [0, 0.1) is 6.92 Å². The highest BCUT2D eigenvalue weighted by Crippen LogP contribution is 2.47. The fraction of sp³-hybridized carbons (Fsp3) is 0.240. The number of methoxy groups -OCH3 is 1. The summed E-state index contributed by atoms with van der Waals surface area (Å²) in [4.78, 5) is 33.9. The summed E-state index contributed by atoms with van der Waals surface area (Å²) in [6.45, 7) is 1.87. The predicted octanol–water partition coefficient (Wildman–Crippen LogP) is 4.16. The Morgan fingerprint density at radius 1 is 1.15 bits per heavy atom. The first kappa shape index (κ1) is 22.0. The van der Waals surface area contributed by atoms with Crippen molar-refractivity contribution in [2.24, 2.45) is 0 Å². The van der Waals surface area contributed by atoms with Gasteiger partial charge < -0.3 is 24.1 Å². The third-order valence-corrected chi connectivity index (χ3v) is 7.17. The molecule has 1 amide bonds. The summed E-state index contributed by atoms with van der Waals surface area (Å²) in [7, 11) is 5.38. The van der Waals surface area contributed by atoms with E-state index in [1.807, 2.05) is 38.1 Å². The first-order valence-electron chi connectivity index (χ1n) is 10.7. The number of fused-ring (bicyclic) bond motifs is 3. The van der Waals surface area contributed by atoms with Crippen LogP contribution in [0.5, 0.6) is 11.5 Å². The minimum Gasteiger partial charge on any atom is -0.497 e. The van der Waals surface area contributed by atoms with E-state index < -0.39 is 17.6 Å². The summed E-state index contributed by atoms with van der Waals surface area (Å²) >= 11 is 1.43. The largest absolute Gasteiger partial charge is 0.497 e. The maximum absolute atomic E-state index is 13.5. The lowest BCUT2D eigenvalue weighted by molar-refractivity contribution is -0.122. The number of hydrogen-bond acceptors (Lipinski definition) is 8. The van der Waals surface area contributed by atoms with Crippen LogP contribution in [-0.2, 0) is 4.79 Å². The lowest BCUT2D eigenvalue weighted by atomic mass is 9.93. The van der Waals surface area contributed by atoms with E-state index in [1.165, 1.54) is 11.3 Å². The molecule has 174 valence electrons. The molecule has 0 aliphatic carbocycles. The van der Waals surface area contributed by atoms with Gasteiger partial charge in [0.15, 0.2) is 11.2 Å². The molecule has 2 atom stereocenters. The summed E-state index contributed by atoms with van der Waals surface area (Å²) in [5.41, 5.74) is 1.57. The van der Waals surface area contributed by atoms with Crippen molar-refractivity contribution >= 4 is 39.0 Å². The summed E-state index contributed by atoms with van der Waals surface area (Å²) < 4.78 is 17.0. The summed E-state index contributed by atoms with van der Waals surface area (Å²) in [6.07, 6.45) is -0.972. The van der Waals surface area contributed by atoms with Crippen LogP contribution < -0.4 is 25.3 Å². The molecule has 0 saturated heterocycles. The smallest absolute Gasteiger partial charge is 0.344 e. The molecule has 34 heavy (non-hydrogen) atoms. The second-order valence-electron chi connectivity index (χ2n) is 8.20. The molecule has 5 rings (SSSR count). The molecule has 1 aliphatic rings. The topological polar surface area (TPSA) is 93.9 Å². The van der Waals surface area contributed by atoms with Gasteiger partial charge in [0.05, 0.1) is 29.7 Å². The summed E-state index contributed by atoms with van der Waals surface area (Å²) in [6, 6.07) is 14.2. The van der Waals surface area contributed by atoms with Crippen molar-refractivity contribution in [1.29, 1.82) is 0 Å². The number of nitrogens with one attached hydrogen (secondary N) is 1. The van der Waals surface area contributed by atoms with Crippen LogP contribution in [0.2, 0.25) is 0 Å². The second kappa shape index (κ2) is 8.49.